The zero-order chi connectivity index (χ0) is 32.4. The Morgan fingerprint density at radius 3 is 2.23 bits per heavy atom. The molecule has 0 saturated carbocycles. The fraction of sp³-hybridized carbons (Fsp3) is 0.519. The maximum absolute atomic E-state index is 16.2. The Balaban J connectivity index is 1.62. The third kappa shape index (κ3) is 6.08. The number of hydrogen-bond donors (Lipinski definition) is 1. The molecule has 0 aliphatic carbocycles. The predicted octanol–water partition coefficient (Wildman–Crippen LogP) is 5.66. The first-order chi connectivity index (χ1) is 20.3. The Bertz CT molecular complexity index is 1590. The number of aromatic nitrogens is 4. The molecule has 2 saturated heterocycles. The number of nitrogen functional groups attached to an aromatic ring is 1. The van der Waals surface area contributed by atoms with Crippen LogP contribution in [0.15, 0.2) is 12.4 Å². The molecular formula is C27H28F7N7O3. The maximum atomic E-state index is 16.2. The summed E-state index contributed by atoms with van der Waals surface area (Å²) in [5.74, 6) is -1.41. The summed E-state index contributed by atoms with van der Waals surface area (Å²) >= 11 is 0. The number of anilines is 2. The van der Waals surface area contributed by atoms with Gasteiger partial charge in [-0.25, -0.2) is 14.2 Å². The summed E-state index contributed by atoms with van der Waals surface area (Å²) in [7, 11) is 0. The SMILES string of the molecule is Cc1c(N)cnc(C(F)(F)F)c1-c1ncc2c(N3C[C@H]4CC[C@@H](C3)N4C(=O)OC(C)(C)C)nc(OCC(F)(F)F)nc2c1F. The molecule has 5 heterocycles. The van der Waals surface area contributed by atoms with E-state index in [1.54, 1.807) is 30.6 Å². The number of rotatable bonds is 4. The van der Waals surface area contributed by atoms with Crippen molar-refractivity contribution < 1.29 is 45.0 Å². The van der Waals surface area contributed by atoms with E-state index in [9.17, 15) is 31.1 Å². The molecule has 5 rings (SSSR count). The number of hydrogen-bond acceptors (Lipinski definition) is 9. The zero-order valence-electron chi connectivity index (χ0n) is 24.0. The summed E-state index contributed by atoms with van der Waals surface area (Å²) < 4.78 is 107. The van der Waals surface area contributed by atoms with Gasteiger partial charge < -0.3 is 20.1 Å². The van der Waals surface area contributed by atoms with Crippen LogP contribution in [0.4, 0.5) is 47.0 Å². The van der Waals surface area contributed by atoms with Gasteiger partial charge in [0.25, 0.3) is 0 Å². The van der Waals surface area contributed by atoms with Gasteiger partial charge >= 0.3 is 24.5 Å². The van der Waals surface area contributed by atoms with Crippen molar-refractivity contribution in [1.29, 1.82) is 0 Å². The largest absolute Gasteiger partial charge is 0.454 e. The minimum Gasteiger partial charge on any atom is -0.454 e. The molecule has 1 amide bonds. The van der Waals surface area contributed by atoms with Crippen LogP contribution in [-0.4, -0.2) is 74.5 Å². The molecule has 2 aliphatic rings. The number of halogens is 7. The fourth-order valence-corrected chi connectivity index (χ4v) is 5.46. The van der Waals surface area contributed by atoms with Gasteiger partial charge in [-0.3, -0.25) is 9.88 Å². The molecule has 0 radical (unpaired) electrons. The lowest BCUT2D eigenvalue weighted by molar-refractivity contribution is -0.154. The molecule has 238 valence electrons. The maximum Gasteiger partial charge on any atom is 0.434 e. The number of alkyl halides is 6. The second kappa shape index (κ2) is 10.8. The van der Waals surface area contributed by atoms with E-state index < -0.39 is 64.9 Å². The standard InChI is InChI=1S/C27H28F7N7O3/c1-12-16(35)8-37-21(27(32,33)34)17(12)20-18(28)19-15(7-36-20)22(39-23(38-19)43-11-26(29,30)31)40-9-13-5-6-14(10-40)41(13)24(42)44-25(2,3)4/h7-8,13-14H,5-6,9-11,35H2,1-4H3/t13-,14+. The lowest BCUT2D eigenvalue weighted by atomic mass is 10.0. The van der Waals surface area contributed by atoms with E-state index in [4.69, 9.17) is 15.2 Å². The summed E-state index contributed by atoms with van der Waals surface area (Å²) in [6, 6.07) is -1.57. The van der Waals surface area contributed by atoms with Crippen LogP contribution in [0.2, 0.25) is 0 Å². The van der Waals surface area contributed by atoms with E-state index in [1.807, 2.05) is 0 Å². The smallest absolute Gasteiger partial charge is 0.434 e. The molecule has 2 aliphatic heterocycles. The number of piperazine rings is 1. The molecule has 2 bridgehead atoms. The van der Waals surface area contributed by atoms with Crippen molar-refractivity contribution in [2.45, 2.75) is 70.6 Å². The Kier molecular flexibility index (Phi) is 7.65. The molecule has 0 spiro atoms. The van der Waals surface area contributed by atoms with Crippen LogP contribution in [0.1, 0.15) is 44.9 Å². The van der Waals surface area contributed by atoms with Crippen molar-refractivity contribution in [2.75, 3.05) is 30.3 Å². The van der Waals surface area contributed by atoms with E-state index >= 15 is 4.39 Å². The molecule has 2 atom stereocenters. The summed E-state index contributed by atoms with van der Waals surface area (Å²) in [5.41, 5.74) is 1.11. The summed E-state index contributed by atoms with van der Waals surface area (Å²) in [6.45, 7) is 4.93. The first-order valence-corrected chi connectivity index (χ1v) is 13.5. The lowest BCUT2D eigenvalue weighted by Crippen LogP contribution is -2.57. The lowest BCUT2D eigenvalue weighted by Gasteiger charge is -2.42. The van der Waals surface area contributed by atoms with Gasteiger partial charge in [-0.1, -0.05) is 0 Å². The van der Waals surface area contributed by atoms with Gasteiger partial charge in [0.1, 0.15) is 22.6 Å². The topological polar surface area (TPSA) is 120 Å². The number of nitrogens with two attached hydrogens (primary N) is 1. The van der Waals surface area contributed by atoms with Crippen LogP contribution in [0.5, 0.6) is 6.01 Å². The number of pyridine rings is 2. The van der Waals surface area contributed by atoms with Gasteiger partial charge in [-0.15, -0.1) is 0 Å². The molecule has 3 aromatic heterocycles. The number of ether oxygens (including phenoxy) is 2. The molecule has 3 aromatic rings. The average Bonchev–Trinajstić information content (AvgIpc) is 3.17. The number of amides is 1. The Morgan fingerprint density at radius 1 is 1.02 bits per heavy atom. The van der Waals surface area contributed by atoms with Crippen molar-refractivity contribution in [1.82, 2.24) is 24.8 Å². The van der Waals surface area contributed by atoms with Crippen LogP contribution in [-0.2, 0) is 10.9 Å². The molecule has 0 unspecified atom stereocenters. The molecule has 2 N–H and O–H groups in total. The number of nitrogens with zero attached hydrogens (tertiary/aromatic N) is 6. The van der Waals surface area contributed by atoms with E-state index in [0.29, 0.717) is 12.8 Å². The Morgan fingerprint density at radius 2 is 1.66 bits per heavy atom. The molecule has 10 nitrogen and oxygen atoms in total. The highest BCUT2D eigenvalue weighted by atomic mass is 19.4. The average molecular weight is 632 g/mol. The third-order valence-electron chi connectivity index (χ3n) is 7.28. The van der Waals surface area contributed by atoms with E-state index in [1.165, 1.54) is 6.92 Å². The minimum atomic E-state index is -5.01. The van der Waals surface area contributed by atoms with Crippen LogP contribution in [0.25, 0.3) is 22.2 Å². The molecule has 17 heteroatoms. The quantitative estimate of drug-likeness (QED) is 0.364. The van der Waals surface area contributed by atoms with Gasteiger partial charge in [-0.2, -0.15) is 36.3 Å². The molecule has 44 heavy (non-hydrogen) atoms. The number of carbonyl (C=O) groups is 1. The number of fused-ring (bicyclic) bond motifs is 3. The Labute approximate surface area is 246 Å². The predicted molar refractivity (Wildman–Crippen MR) is 143 cm³/mol. The van der Waals surface area contributed by atoms with Gasteiger partial charge in [0.15, 0.2) is 18.1 Å². The van der Waals surface area contributed by atoms with Gasteiger partial charge in [0.05, 0.1) is 29.4 Å². The van der Waals surface area contributed by atoms with Crippen LogP contribution in [0.3, 0.4) is 0 Å². The highest BCUT2D eigenvalue weighted by molar-refractivity contribution is 5.93. The third-order valence-corrected chi connectivity index (χ3v) is 7.28. The molecular weight excluding hydrogens is 603 g/mol. The van der Waals surface area contributed by atoms with E-state index in [2.05, 4.69) is 19.9 Å². The Hall–Kier alpha value is -4.18. The summed E-state index contributed by atoms with van der Waals surface area (Å²) in [4.78, 5) is 31.4. The summed E-state index contributed by atoms with van der Waals surface area (Å²) in [5, 5.41) is -0.0844. The van der Waals surface area contributed by atoms with Crippen molar-refractivity contribution in [3.63, 3.8) is 0 Å². The van der Waals surface area contributed by atoms with Crippen LogP contribution >= 0.6 is 0 Å². The highest BCUT2D eigenvalue weighted by Crippen LogP contribution is 2.42. The van der Waals surface area contributed by atoms with Gasteiger partial charge in [0, 0.05) is 24.8 Å². The van der Waals surface area contributed by atoms with Crippen molar-refractivity contribution in [3.8, 4) is 17.3 Å². The van der Waals surface area contributed by atoms with Gasteiger partial charge in [0.2, 0.25) is 0 Å². The molecule has 0 aromatic carbocycles. The van der Waals surface area contributed by atoms with Crippen molar-refractivity contribution in [3.05, 3.63) is 29.5 Å². The first-order valence-electron chi connectivity index (χ1n) is 13.5. The zero-order valence-corrected chi connectivity index (χ0v) is 24.0. The first kappa shape index (κ1) is 31.3. The van der Waals surface area contributed by atoms with Crippen LogP contribution < -0.4 is 15.4 Å². The van der Waals surface area contributed by atoms with Gasteiger partial charge in [-0.05, 0) is 46.1 Å². The summed E-state index contributed by atoms with van der Waals surface area (Å²) in [6.07, 6.45) is -7.29. The molecule has 2 fully saturated rings. The van der Waals surface area contributed by atoms with Crippen LogP contribution in [0, 0.1) is 12.7 Å². The monoisotopic (exact) mass is 631 g/mol. The normalized spacial score (nSPS) is 19.1. The van der Waals surface area contributed by atoms with Crippen molar-refractivity contribution in [2.24, 2.45) is 0 Å². The minimum absolute atomic E-state index is 0.0515. The number of carbonyl (C=O) groups excluding carboxylic acids is 1. The van der Waals surface area contributed by atoms with E-state index in [0.717, 1.165) is 12.4 Å². The van der Waals surface area contributed by atoms with E-state index in [-0.39, 0.29) is 47.6 Å². The van der Waals surface area contributed by atoms with Crippen molar-refractivity contribution >= 4 is 28.5 Å². The second-order valence-corrected chi connectivity index (χ2v) is 11.7. The second-order valence-electron chi connectivity index (χ2n) is 11.7. The highest BCUT2D eigenvalue weighted by Gasteiger charge is 2.45. The fourth-order valence-electron chi connectivity index (χ4n) is 5.46.